The molecule has 2 nitrogen and oxygen atoms in total. The number of alkyl halides is 2. The molecule has 82 valence electrons. The SMILES string of the molecule is C[C@@H](Cl)C(=O)N1CCC(C)(CF)CC1. The first kappa shape index (κ1) is 11.8. The van der Waals surface area contributed by atoms with Crippen LogP contribution in [0.25, 0.3) is 0 Å². The summed E-state index contributed by atoms with van der Waals surface area (Å²) in [5.74, 6) is -0.0347. The number of hydrogen-bond donors (Lipinski definition) is 0. The quantitative estimate of drug-likeness (QED) is 0.655. The van der Waals surface area contributed by atoms with Gasteiger partial charge in [-0.2, -0.15) is 0 Å². The minimum Gasteiger partial charge on any atom is -0.341 e. The zero-order valence-corrected chi connectivity index (χ0v) is 9.48. The van der Waals surface area contributed by atoms with Crippen molar-refractivity contribution in [2.75, 3.05) is 19.8 Å². The lowest BCUT2D eigenvalue weighted by Crippen LogP contribution is -2.45. The van der Waals surface area contributed by atoms with Gasteiger partial charge in [0.25, 0.3) is 0 Å². The van der Waals surface area contributed by atoms with Crippen LogP contribution >= 0.6 is 11.6 Å². The van der Waals surface area contributed by atoms with Crippen LogP contribution in [0.4, 0.5) is 4.39 Å². The first-order valence-corrected chi connectivity index (χ1v) is 5.41. The maximum absolute atomic E-state index is 12.6. The van der Waals surface area contributed by atoms with Gasteiger partial charge in [0, 0.05) is 13.1 Å². The van der Waals surface area contributed by atoms with Crippen LogP contribution in [0.3, 0.4) is 0 Å². The molecule has 0 spiro atoms. The molecule has 0 aromatic heterocycles. The lowest BCUT2D eigenvalue weighted by Gasteiger charge is -2.38. The zero-order valence-electron chi connectivity index (χ0n) is 8.72. The Morgan fingerprint density at radius 3 is 2.43 bits per heavy atom. The minimum atomic E-state index is -0.468. The van der Waals surface area contributed by atoms with Gasteiger partial charge in [0.1, 0.15) is 5.38 Å². The van der Waals surface area contributed by atoms with E-state index in [1.165, 1.54) is 0 Å². The maximum Gasteiger partial charge on any atom is 0.240 e. The molecule has 1 aliphatic heterocycles. The van der Waals surface area contributed by atoms with Gasteiger partial charge >= 0.3 is 0 Å². The van der Waals surface area contributed by atoms with Crippen molar-refractivity contribution in [1.29, 1.82) is 0 Å². The number of piperidine rings is 1. The molecule has 0 N–H and O–H groups in total. The summed E-state index contributed by atoms with van der Waals surface area (Å²) < 4.78 is 12.6. The van der Waals surface area contributed by atoms with Crippen molar-refractivity contribution >= 4 is 17.5 Å². The predicted molar refractivity (Wildman–Crippen MR) is 55.2 cm³/mol. The summed E-state index contributed by atoms with van der Waals surface area (Å²) in [7, 11) is 0. The Morgan fingerprint density at radius 2 is 2.07 bits per heavy atom. The second-order valence-corrected chi connectivity index (χ2v) is 5.04. The summed E-state index contributed by atoms with van der Waals surface area (Å²) in [6, 6.07) is 0. The van der Waals surface area contributed by atoms with Gasteiger partial charge in [0.15, 0.2) is 0 Å². The first-order valence-electron chi connectivity index (χ1n) is 4.97. The highest BCUT2D eigenvalue weighted by molar-refractivity contribution is 6.30. The molecular formula is C10H17ClFNO. The van der Waals surface area contributed by atoms with Gasteiger partial charge in [-0.1, -0.05) is 6.92 Å². The summed E-state index contributed by atoms with van der Waals surface area (Å²) >= 11 is 5.70. The van der Waals surface area contributed by atoms with E-state index in [1.54, 1.807) is 11.8 Å². The third-order valence-electron chi connectivity index (χ3n) is 2.95. The number of rotatable bonds is 2. The molecule has 1 rings (SSSR count). The Labute approximate surface area is 89.4 Å². The second kappa shape index (κ2) is 4.47. The van der Waals surface area contributed by atoms with Crippen LogP contribution in [0.15, 0.2) is 0 Å². The van der Waals surface area contributed by atoms with Crippen molar-refractivity contribution in [3.05, 3.63) is 0 Å². The van der Waals surface area contributed by atoms with E-state index < -0.39 is 5.38 Å². The van der Waals surface area contributed by atoms with E-state index in [1.807, 2.05) is 6.92 Å². The summed E-state index contributed by atoms with van der Waals surface area (Å²) in [4.78, 5) is 13.2. The highest BCUT2D eigenvalue weighted by Crippen LogP contribution is 2.31. The molecule has 14 heavy (non-hydrogen) atoms. The molecule has 1 heterocycles. The summed E-state index contributed by atoms with van der Waals surface area (Å²) in [6.45, 7) is 4.57. The largest absolute Gasteiger partial charge is 0.341 e. The van der Waals surface area contributed by atoms with Crippen molar-refractivity contribution in [1.82, 2.24) is 4.90 Å². The number of nitrogens with zero attached hydrogens (tertiary/aromatic N) is 1. The smallest absolute Gasteiger partial charge is 0.240 e. The maximum atomic E-state index is 12.6. The second-order valence-electron chi connectivity index (χ2n) is 4.39. The molecule has 1 saturated heterocycles. The van der Waals surface area contributed by atoms with Crippen molar-refractivity contribution in [3.8, 4) is 0 Å². The van der Waals surface area contributed by atoms with Gasteiger partial charge in [0.2, 0.25) is 5.91 Å². The fourth-order valence-electron chi connectivity index (χ4n) is 1.65. The Morgan fingerprint density at radius 1 is 1.57 bits per heavy atom. The Hall–Kier alpha value is -0.310. The molecule has 0 bridgehead atoms. The Balaban J connectivity index is 2.47. The first-order chi connectivity index (χ1) is 6.48. The van der Waals surface area contributed by atoms with Crippen molar-refractivity contribution in [3.63, 3.8) is 0 Å². The fourth-order valence-corrected chi connectivity index (χ4v) is 1.79. The molecule has 0 saturated carbocycles. The van der Waals surface area contributed by atoms with Gasteiger partial charge in [-0.05, 0) is 25.2 Å². The fraction of sp³-hybridized carbons (Fsp3) is 0.900. The molecule has 0 aromatic carbocycles. The normalized spacial score (nSPS) is 23.3. The Bertz CT molecular complexity index is 212. The van der Waals surface area contributed by atoms with E-state index in [0.717, 1.165) is 12.8 Å². The lowest BCUT2D eigenvalue weighted by molar-refractivity contribution is -0.132. The zero-order chi connectivity index (χ0) is 10.8. The average Bonchev–Trinajstić information content (AvgIpc) is 2.18. The molecule has 1 aliphatic rings. The molecule has 0 unspecified atom stereocenters. The predicted octanol–water partition coefficient (Wildman–Crippen LogP) is 2.21. The molecule has 1 atom stereocenters. The molecule has 0 radical (unpaired) electrons. The molecular weight excluding hydrogens is 205 g/mol. The summed E-state index contributed by atoms with van der Waals surface area (Å²) in [6.07, 6.45) is 1.47. The third kappa shape index (κ3) is 2.59. The van der Waals surface area contributed by atoms with E-state index in [0.29, 0.717) is 13.1 Å². The minimum absolute atomic E-state index is 0.0347. The number of hydrogen-bond acceptors (Lipinski definition) is 1. The number of likely N-dealkylation sites (tertiary alicyclic amines) is 1. The molecule has 1 amide bonds. The summed E-state index contributed by atoms with van der Waals surface area (Å²) in [5, 5.41) is -0.468. The van der Waals surface area contributed by atoms with Gasteiger partial charge in [0.05, 0.1) is 6.67 Å². The number of halogens is 2. The molecule has 1 fully saturated rings. The monoisotopic (exact) mass is 221 g/mol. The van der Waals surface area contributed by atoms with Gasteiger partial charge < -0.3 is 4.90 Å². The summed E-state index contributed by atoms with van der Waals surface area (Å²) in [5.41, 5.74) is -0.230. The highest BCUT2D eigenvalue weighted by Gasteiger charge is 2.32. The van der Waals surface area contributed by atoms with Crippen LogP contribution in [0.5, 0.6) is 0 Å². The van der Waals surface area contributed by atoms with E-state index in [-0.39, 0.29) is 18.0 Å². The van der Waals surface area contributed by atoms with Gasteiger partial charge in [-0.25, -0.2) is 0 Å². The van der Waals surface area contributed by atoms with Crippen LogP contribution in [0, 0.1) is 5.41 Å². The number of carbonyl (C=O) groups excluding carboxylic acids is 1. The number of carbonyl (C=O) groups is 1. The van der Waals surface area contributed by atoms with E-state index in [9.17, 15) is 9.18 Å². The molecule has 0 aromatic rings. The van der Waals surface area contributed by atoms with Crippen LogP contribution in [-0.2, 0) is 4.79 Å². The average molecular weight is 222 g/mol. The lowest BCUT2D eigenvalue weighted by atomic mass is 9.82. The van der Waals surface area contributed by atoms with Crippen LogP contribution in [-0.4, -0.2) is 35.9 Å². The number of amides is 1. The molecule has 0 aliphatic carbocycles. The van der Waals surface area contributed by atoms with Crippen molar-refractivity contribution < 1.29 is 9.18 Å². The van der Waals surface area contributed by atoms with Crippen LogP contribution in [0.2, 0.25) is 0 Å². The van der Waals surface area contributed by atoms with Gasteiger partial charge in [-0.15, -0.1) is 11.6 Å². The molecule has 4 heteroatoms. The van der Waals surface area contributed by atoms with Crippen LogP contribution < -0.4 is 0 Å². The third-order valence-corrected chi connectivity index (χ3v) is 3.13. The van der Waals surface area contributed by atoms with Crippen LogP contribution in [0.1, 0.15) is 26.7 Å². The van der Waals surface area contributed by atoms with Crippen molar-refractivity contribution in [2.24, 2.45) is 5.41 Å². The Kier molecular flexibility index (Phi) is 3.76. The van der Waals surface area contributed by atoms with E-state index in [2.05, 4.69) is 0 Å². The highest BCUT2D eigenvalue weighted by atomic mass is 35.5. The van der Waals surface area contributed by atoms with Crippen molar-refractivity contribution in [2.45, 2.75) is 32.1 Å². The standard InChI is InChI=1S/C10H17ClFNO/c1-8(11)9(14)13-5-3-10(2,7-12)4-6-13/h8H,3-7H2,1-2H3/t8-/m1/s1. The van der Waals surface area contributed by atoms with E-state index >= 15 is 0 Å². The topological polar surface area (TPSA) is 20.3 Å². The van der Waals surface area contributed by atoms with Gasteiger partial charge in [-0.3, -0.25) is 9.18 Å². The van der Waals surface area contributed by atoms with E-state index in [4.69, 9.17) is 11.6 Å².